The van der Waals surface area contributed by atoms with Gasteiger partial charge in [-0.05, 0) is 37.1 Å². The number of benzene rings is 1. The van der Waals surface area contributed by atoms with E-state index in [1.807, 2.05) is 10.6 Å². The van der Waals surface area contributed by atoms with Crippen LogP contribution in [0, 0.1) is 13.8 Å². The summed E-state index contributed by atoms with van der Waals surface area (Å²) in [5, 5.41) is 2.61. The Bertz CT molecular complexity index is 542. The van der Waals surface area contributed by atoms with E-state index in [0.29, 0.717) is 6.54 Å². The lowest BCUT2D eigenvalue weighted by Gasteiger charge is -2.04. The fourth-order valence-electron chi connectivity index (χ4n) is 1.67. The van der Waals surface area contributed by atoms with Crippen LogP contribution in [-0.2, 0) is 11.3 Å². The molecule has 84 valence electrons. The number of carbonyl (C=O) groups excluding carboxylic acids is 1. The van der Waals surface area contributed by atoms with Gasteiger partial charge in [0, 0.05) is 7.05 Å². The molecule has 1 aromatic carbocycles. The maximum atomic E-state index is 11.3. The van der Waals surface area contributed by atoms with E-state index in [9.17, 15) is 4.79 Å². The molecule has 1 aromatic heterocycles. The van der Waals surface area contributed by atoms with E-state index in [1.165, 1.54) is 11.1 Å². The summed E-state index contributed by atoms with van der Waals surface area (Å²) in [5.41, 5.74) is 4.38. The van der Waals surface area contributed by atoms with Gasteiger partial charge in [-0.2, -0.15) is 0 Å². The Kier molecular flexibility index (Phi) is 2.64. The highest BCUT2D eigenvalue weighted by Crippen LogP contribution is 2.18. The summed E-state index contributed by atoms with van der Waals surface area (Å²) in [6, 6.07) is 4.12. The predicted molar refractivity (Wildman–Crippen MR) is 63.3 cm³/mol. The maximum Gasteiger partial charge on any atom is 0.239 e. The first-order valence-electron chi connectivity index (χ1n) is 5.24. The Hall–Kier alpha value is -1.84. The molecule has 0 aliphatic rings. The topological polar surface area (TPSA) is 46.9 Å². The number of rotatable bonds is 2. The molecule has 1 N–H and O–H groups in total. The third kappa shape index (κ3) is 1.78. The maximum absolute atomic E-state index is 11.3. The molecule has 16 heavy (non-hydrogen) atoms. The van der Waals surface area contributed by atoms with Crippen molar-refractivity contribution in [3.05, 3.63) is 29.6 Å². The van der Waals surface area contributed by atoms with Crippen LogP contribution in [0.3, 0.4) is 0 Å². The predicted octanol–water partition coefficient (Wildman–Crippen LogP) is 1.40. The van der Waals surface area contributed by atoms with E-state index in [-0.39, 0.29) is 5.91 Å². The normalized spacial score (nSPS) is 10.7. The van der Waals surface area contributed by atoms with Crippen molar-refractivity contribution in [2.75, 3.05) is 7.05 Å². The highest BCUT2D eigenvalue weighted by Gasteiger charge is 2.07. The van der Waals surface area contributed by atoms with Gasteiger partial charge in [-0.25, -0.2) is 4.98 Å². The van der Waals surface area contributed by atoms with Crippen LogP contribution < -0.4 is 5.32 Å². The number of carbonyl (C=O) groups is 1. The Labute approximate surface area is 94.3 Å². The van der Waals surface area contributed by atoms with Crippen LogP contribution >= 0.6 is 0 Å². The Balaban J connectivity index is 2.48. The molecule has 0 fully saturated rings. The van der Waals surface area contributed by atoms with Crippen LogP contribution in [-0.4, -0.2) is 22.5 Å². The first-order chi connectivity index (χ1) is 7.61. The minimum atomic E-state index is -0.0162. The number of amides is 1. The van der Waals surface area contributed by atoms with E-state index in [4.69, 9.17) is 0 Å². The van der Waals surface area contributed by atoms with Gasteiger partial charge >= 0.3 is 0 Å². The summed E-state index contributed by atoms with van der Waals surface area (Å²) in [6.07, 6.45) is 1.71. The molecule has 0 aliphatic carbocycles. The average molecular weight is 217 g/mol. The fourth-order valence-corrected chi connectivity index (χ4v) is 1.67. The van der Waals surface area contributed by atoms with Gasteiger partial charge in [0.1, 0.15) is 6.54 Å². The van der Waals surface area contributed by atoms with Crippen LogP contribution in [0.5, 0.6) is 0 Å². The summed E-state index contributed by atoms with van der Waals surface area (Å²) in [4.78, 5) is 15.6. The van der Waals surface area contributed by atoms with Gasteiger partial charge in [0.2, 0.25) is 5.91 Å². The van der Waals surface area contributed by atoms with Crippen LogP contribution in [0.1, 0.15) is 11.1 Å². The van der Waals surface area contributed by atoms with Crippen molar-refractivity contribution in [2.45, 2.75) is 20.4 Å². The zero-order valence-corrected chi connectivity index (χ0v) is 9.74. The number of hydrogen-bond acceptors (Lipinski definition) is 2. The molecule has 0 aliphatic heterocycles. The molecule has 1 amide bonds. The minimum absolute atomic E-state index is 0.0162. The Morgan fingerprint density at radius 2 is 2.06 bits per heavy atom. The molecule has 0 radical (unpaired) electrons. The zero-order chi connectivity index (χ0) is 11.7. The Morgan fingerprint density at radius 1 is 1.38 bits per heavy atom. The third-order valence-electron chi connectivity index (χ3n) is 2.83. The molecule has 0 saturated carbocycles. The smallest absolute Gasteiger partial charge is 0.239 e. The second-order valence-electron chi connectivity index (χ2n) is 3.97. The van der Waals surface area contributed by atoms with Crippen molar-refractivity contribution in [3.8, 4) is 0 Å². The SMILES string of the molecule is CNC(=O)Cn1cnc2cc(C)c(C)cc21. The Morgan fingerprint density at radius 3 is 2.75 bits per heavy atom. The molecule has 2 rings (SSSR count). The largest absolute Gasteiger partial charge is 0.358 e. The van der Waals surface area contributed by atoms with Gasteiger partial charge < -0.3 is 9.88 Å². The second kappa shape index (κ2) is 3.96. The van der Waals surface area contributed by atoms with E-state index in [1.54, 1.807) is 13.4 Å². The zero-order valence-electron chi connectivity index (χ0n) is 9.74. The summed E-state index contributed by atoms with van der Waals surface area (Å²) >= 11 is 0. The van der Waals surface area contributed by atoms with Crippen LogP contribution in [0.15, 0.2) is 18.5 Å². The molecule has 0 atom stereocenters. The van der Waals surface area contributed by atoms with Gasteiger partial charge in [0.05, 0.1) is 17.4 Å². The minimum Gasteiger partial charge on any atom is -0.358 e. The first-order valence-corrected chi connectivity index (χ1v) is 5.24. The number of imidazole rings is 1. The molecule has 4 nitrogen and oxygen atoms in total. The van der Waals surface area contributed by atoms with Gasteiger partial charge in [0.25, 0.3) is 0 Å². The number of fused-ring (bicyclic) bond motifs is 1. The van der Waals surface area contributed by atoms with Crippen LogP contribution in [0.25, 0.3) is 11.0 Å². The van der Waals surface area contributed by atoms with Gasteiger partial charge in [-0.3, -0.25) is 4.79 Å². The summed E-state index contributed by atoms with van der Waals surface area (Å²) in [6.45, 7) is 4.44. The van der Waals surface area contributed by atoms with Crippen molar-refractivity contribution in [3.63, 3.8) is 0 Å². The van der Waals surface area contributed by atoms with Crippen LogP contribution in [0.4, 0.5) is 0 Å². The van der Waals surface area contributed by atoms with E-state index < -0.39 is 0 Å². The quantitative estimate of drug-likeness (QED) is 0.826. The highest BCUT2D eigenvalue weighted by atomic mass is 16.1. The summed E-state index contributed by atoms with van der Waals surface area (Å²) in [7, 11) is 1.64. The molecule has 2 aromatic rings. The standard InChI is InChI=1S/C12H15N3O/c1-8-4-10-11(5-9(8)2)15(7-14-10)6-12(16)13-3/h4-5,7H,6H2,1-3H3,(H,13,16). The monoisotopic (exact) mass is 217 g/mol. The molecule has 0 spiro atoms. The van der Waals surface area contributed by atoms with E-state index in [0.717, 1.165) is 11.0 Å². The summed E-state index contributed by atoms with van der Waals surface area (Å²) in [5.74, 6) is -0.0162. The van der Waals surface area contributed by atoms with Crippen molar-refractivity contribution in [1.29, 1.82) is 0 Å². The molecular weight excluding hydrogens is 202 g/mol. The van der Waals surface area contributed by atoms with Crippen molar-refractivity contribution >= 4 is 16.9 Å². The lowest BCUT2D eigenvalue weighted by atomic mass is 10.1. The number of hydrogen-bond donors (Lipinski definition) is 1. The van der Waals surface area contributed by atoms with E-state index >= 15 is 0 Å². The summed E-state index contributed by atoms with van der Waals surface area (Å²) < 4.78 is 1.86. The molecule has 0 bridgehead atoms. The van der Waals surface area contributed by atoms with Gasteiger partial charge in [-0.1, -0.05) is 0 Å². The van der Waals surface area contributed by atoms with Crippen molar-refractivity contribution in [1.82, 2.24) is 14.9 Å². The number of nitrogens with one attached hydrogen (secondary N) is 1. The average Bonchev–Trinajstić information content (AvgIpc) is 2.62. The molecular formula is C12H15N3O. The van der Waals surface area contributed by atoms with Crippen LogP contribution in [0.2, 0.25) is 0 Å². The lowest BCUT2D eigenvalue weighted by molar-refractivity contribution is -0.121. The number of nitrogens with zero attached hydrogens (tertiary/aromatic N) is 2. The second-order valence-corrected chi connectivity index (χ2v) is 3.97. The number of aryl methyl sites for hydroxylation is 2. The third-order valence-corrected chi connectivity index (χ3v) is 2.83. The van der Waals surface area contributed by atoms with E-state index in [2.05, 4.69) is 30.2 Å². The van der Waals surface area contributed by atoms with Gasteiger partial charge in [0.15, 0.2) is 0 Å². The number of aromatic nitrogens is 2. The van der Waals surface area contributed by atoms with Crippen molar-refractivity contribution < 1.29 is 4.79 Å². The molecule has 0 saturated heterocycles. The molecule has 0 unspecified atom stereocenters. The molecule has 1 heterocycles. The van der Waals surface area contributed by atoms with Gasteiger partial charge in [-0.15, -0.1) is 0 Å². The molecule has 4 heteroatoms. The van der Waals surface area contributed by atoms with Crippen molar-refractivity contribution in [2.24, 2.45) is 0 Å². The number of likely N-dealkylation sites (N-methyl/N-ethyl adjacent to an activating group) is 1. The lowest BCUT2D eigenvalue weighted by Crippen LogP contribution is -2.23. The fraction of sp³-hybridized carbons (Fsp3) is 0.333. The highest BCUT2D eigenvalue weighted by molar-refractivity contribution is 5.81. The first kappa shape index (κ1) is 10.7.